The summed E-state index contributed by atoms with van der Waals surface area (Å²) in [5.74, 6) is 0.115. The molecule has 2 amide bonds. The molecule has 1 saturated carbocycles. The standard InChI is InChI=1S/C29H34N4O6S/c1-32(2)40(37,38)31-28(34)26-20-15-33-22(25-18(24(20)26)10-7-11-21(25)30-29(35)36)14-19-23(39-3)13-12-17(27(19)33)16-8-5-4-6-9-16/h7,10,12-14,16,21,25,30H,4-6,8-9,11,15H2,1-3H3,(H,31,34)(H,35,36)/t21-,25+/m1/s1. The molecule has 0 bridgehead atoms. The average Bonchev–Trinajstić information content (AvgIpc) is 3.55. The number of benzene rings is 1. The first-order valence-corrected chi connectivity index (χ1v) is 15.1. The molecule has 3 aliphatic carbocycles. The zero-order valence-corrected chi connectivity index (χ0v) is 23.7. The van der Waals surface area contributed by atoms with E-state index in [1.54, 1.807) is 7.11 Å². The highest BCUT2D eigenvalue weighted by Crippen LogP contribution is 2.53. The number of carbonyl (C=O) groups excluding carboxylic acids is 1. The number of carbonyl (C=O) groups is 2. The van der Waals surface area contributed by atoms with Gasteiger partial charge in [-0.15, -0.1) is 0 Å². The fourth-order valence-electron chi connectivity index (χ4n) is 6.83. The zero-order valence-electron chi connectivity index (χ0n) is 22.9. The predicted molar refractivity (Wildman–Crippen MR) is 151 cm³/mol. The zero-order chi connectivity index (χ0) is 28.3. The van der Waals surface area contributed by atoms with Crippen LogP contribution in [0.1, 0.15) is 61.6 Å². The van der Waals surface area contributed by atoms with Crippen molar-refractivity contribution in [3.63, 3.8) is 0 Å². The van der Waals surface area contributed by atoms with Crippen LogP contribution < -0.4 is 14.8 Å². The van der Waals surface area contributed by atoms with Crippen LogP contribution in [0, 0.1) is 0 Å². The predicted octanol–water partition coefficient (Wildman–Crippen LogP) is 3.92. The number of allylic oxidation sites excluding steroid dienone is 2. The van der Waals surface area contributed by atoms with Crippen molar-refractivity contribution in [3.8, 4) is 5.75 Å². The lowest BCUT2D eigenvalue weighted by Crippen LogP contribution is -2.41. The van der Waals surface area contributed by atoms with Crippen LogP contribution in [0.4, 0.5) is 4.79 Å². The van der Waals surface area contributed by atoms with Crippen LogP contribution in [0.2, 0.25) is 0 Å². The minimum absolute atomic E-state index is 0.360. The normalized spacial score (nSPS) is 22.5. The Balaban J connectivity index is 1.56. The van der Waals surface area contributed by atoms with Gasteiger partial charge in [0.2, 0.25) is 0 Å². The van der Waals surface area contributed by atoms with Crippen LogP contribution >= 0.6 is 0 Å². The van der Waals surface area contributed by atoms with Crippen LogP contribution in [0.3, 0.4) is 0 Å². The summed E-state index contributed by atoms with van der Waals surface area (Å²) in [6.07, 6.45) is 9.03. The van der Waals surface area contributed by atoms with Gasteiger partial charge >= 0.3 is 16.3 Å². The van der Waals surface area contributed by atoms with E-state index in [4.69, 9.17) is 4.74 Å². The Hall–Kier alpha value is -3.57. The van der Waals surface area contributed by atoms with Crippen molar-refractivity contribution in [2.75, 3.05) is 21.2 Å². The summed E-state index contributed by atoms with van der Waals surface area (Å²) in [4.78, 5) is 25.1. The smallest absolute Gasteiger partial charge is 0.404 e. The number of nitrogens with one attached hydrogen (secondary N) is 2. The van der Waals surface area contributed by atoms with Gasteiger partial charge in [-0.25, -0.2) is 9.52 Å². The van der Waals surface area contributed by atoms with Gasteiger partial charge in [-0.05, 0) is 59.6 Å². The van der Waals surface area contributed by atoms with Gasteiger partial charge in [-0.3, -0.25) is 4.79 Å². The molecule has 0 radical (unpaired) electrons. The summed E-state index contributed by atoms with van der Waals surface area (Å²) in [6.45, 7) is 0.388. The molecule has 11 heteroatoms. The van der Waals surface area contributed by atoms with Crippen LogP contribution in [-0.4, -0.2) is 61.6 Å². The summed E-state index contributed by atoms with van der Waals surface area (Å²) in [5, 5.41) is 13.4. The Bertz CT molecular complexity index is 1620. The fourth-order valence-corrected chi connectivity index (χ4v) is 7.34. The van der Waals surface area contributed by atoms with Crippen molar-refractivity contribution in [2.24, 2.45) is 0 Å². The molecule has 0 spiro atoms. The van der Waals surface area contributed by atoms with Crippen molar-refractivity contribution in [1.82, 2.24) is 18.9 Å². The summed E-state index contributed by atoms with van der Waals surface area (Å²) in [5.41, 5.74) is 5.94. The second kappa shape index (κ2) is 9.81. The topological polar surface area (TPSA) is 130 Å². The largest absolute Gasteiger partial charge is 0.496 e. The molecule has 1 aromatic heterocycles. The van der Waals surface area contributed by atoms with Gasteiger partial charge in [0.25, 0.3) is 5.91 Å². The van der Waals surface area contributed by atoms with E-state index in [9.17, 15) is 23.1 Å². The highest BCUT2D eigenvalue weighted by Gasteiger charge is 2.46. The van der Waals surface area contributed by atoms with Gasteiger partial charge in [0.05, 0.1) is 18.2 Å². The first-order valence-electron chi connectivity index (χ1n) is 13.7. The molecule has 10 nitrogen and oxygen atoms in total. The molecule has 1 aliphatic heterocycles. The first-order chi connectivity index (χ1) is 19.1. The summed E-state index contributed by atoms with van der Waals surface area (Å²) in [6, 6.07) is 5.83. The molecule has 3 N–H and O–H groups in total. The number of ether oxygens (including phenoxy) is 1. The molecule has 40 heavy (non-hydrogen) atoms. The molecule has 0 saturated heterocycles. The molecule has 1 aromatic carbocycles. The average molecular weight is 567 g/mol. The number of nitrogens with zero attached hydrogens (tertiary/aromatic N) is 2. The van der Waals surface area contributed by atoms with E-state index >= 15 is 0 Å². The third-order valence-corrected chi connectivity index (χ3v) is 10.1. The number of amides is 2. The Kier molecular flexibility index (Phi) is 6.53. The van der Waals surface area contributed by atoms with E-state index in [0.29, 0.717) is 24.5 Å². The van der Waals surface area contributed by atoms with Gasteiger partial charge in [-0.2, -0.15) is 12.7 Å². The Labute approximate surface area is 233 Å². The third kappa shape index (κ3) is 4.32. The summed E-state index contributed by atoms with van der Waals surface area (Å²) < 4.78 is 36.1. The van der Waals surface area contributed by atoms with Crippen molar-refractivity contribution in [3.05, 3.63) is 63.9 Å². The van der Waals surface area contributed by atoms with Gasteiger partial charge in [-0.1, -0.05) is 37.5 Å². The Morgan fingerprint density at radius 2 is 1.90 bits per heavy atom. The fraction of sp³-hybridized carbons (Fsp3) is 0.448. The third-order valence-electron chi connectivity index (χ3n) is 8.72. The minimum Gasteiger partial charge on any atom is -0.496 e. The number of hydrogen-bond acceptors (Lipinski definition) is 5. The van der Waals surface area contributed by atoms with Crippen molar-refractivity contribution < 1.29 is 27.9 Å². The van der Waals surface area contributed by atoms with Gasteiger partial charge in [0.15, 0.2) is 0 Å². The molecule has 6 rings (SSSR count). The maximum absolute atomic E-state index is 13.3. The molecule has 212 valence electrons. The number of rotatable bonds is 6. The molecule has 2 aromatic rings. The van der Waals surface area contributed by atoms with Crippen molar-refractivity contribution in [2.45, 2.75) is 62.9 Å². The van der Waals surface area contributed by atoms with E-state index in [-0.39, 0.29) is 5.92 Å². The van der Waals surface area contributed by atoms with E-state index < -0.39 is 28.3 Å². The number of fused-ring (bicyclic) bond motifs is 6. The molecular formula is C29H34N4O6S. The van der Waals surface area contributed by atoms with Gasteiger partial charge in [0.1, 0.15) is 5.75 Å². The van der Waals surface area contributed by atoms with E-state index in [1.807, 2.05) is 18.2 Å². The van der Waals surface area contributed by atoms with Crippen LogP contribution in [-0.2, 0) is 21.5 Å². The van der Waals surface area contributed by atoms with Gasteiger partial charge in [0, 0.05) is 43.7 Å². The molecule has 4 aliphatic rings. The molecule has 1 fully saturated rings. The maximum Gasteiger partial charge on any atom is 0.404 e. The SMILES string of the molecule is COc1ccc(C2CCCCC2)c2c1cc1n2CC2=C(C(=O)NS(=O)(=O)N(C)C)C2=C2C=CC[C@@H](NC(=O)O)[C@H]21. The highest BCUT2D eigenvalue weighted by atomic mass is 32.2. The first kappa shape index (κ1) is 26.6. The molecule has 2 heterocycles. The second-order valence-corrected chi connectivity index (χ2v) is 13.1. The van der Waals surface area contributed by atoms with Crippen LogP contribution in [0.15, 0.2) is 52.6 Å². The number of aromatic nitrogens is 1. The number of carboxylic acid groups (broad SMARTS) is 1. The van der Waals surface area contributed by atoms with Crippen molar-refractivity contribution in [1.29, 1.82) is 0 Å². The van der Waals surface area contributed by atoms with Crippen molar-refractivity contribution >= 4 is 33.1 Å². The molecule has 0 unspecified atom stereocenters. The second-order valence-electron chi connectivity index (χ2n) is 11.2. The maximum atomic E-state index is 13.3. The lowest BCUT2D eigenvalue weighted by molar-refractivity contribution is -0.115. The Morgan fingerprint density at radius 1 is 1.15 bits per heavy atom. The summed E-state index contributed by atoms with van der Waals surface area (Å²) >= 11 is 0. The number of hydrogen-bond donors (Lipinski definition) is 3. The Morgan fingerprint density at radius 3 is 2.58 bits per heavy atom. The van der Waals surface area contributed by atoms with E-state index in [1.165, 1.54) is 38.9 Å². The highest BCUT2D eigenvalue weighted by molar-refractivity contribution is 7.87. The number of methoxy groups -OCH3 is 1. The molecule has 2 atom stereocenters. The van der Waals surface area contributed by atoms with Gasteiger partial charge < -0.3 is 19.7 Å². The lowest BCUT2D eigenvalue weighted by Gasteiger charge is -2.31. The lowest BCUT2D eigenvalue weighted by atomic mass is 9.81. The van der Waals surface area contributed by atoms with Crippen LogP contribution in [0.25, 0.3) is 10.9 Å². The monoisotopic (exact) mass is 566 g/mol. The van der Waals surface area contributed by atoms with E-state index in [2.05, 4.69) is 26.7 Å². The van der Waals surface area contributed by atoms with E-state index in [0.717, 1.165) is 56.2 Å². The minimum atomic E-state index is -3.98. The van der Waals surface area contributed by atoms with Crippen LogP contribution in [0.5, 0.6) is 5.75 Å². The summed E-state index contributed by atoms with van der Waals surface area (Å²) in [7, 11) is 0.394. The quantitative estimate of drug-likeness (QED) is 0.486. The molecular weight excluding hydrogens is 532 g/mol.